The fraction of sp³-hybridized carbons (Fsp3) is 0.857. The maximum Gasteiger partial charge on any atom is 0.0547 e. The van der Waals surface area contributed by atoms with E-state index in [1.54, 1.807) is 5.57 Å². The number of ether oxygens (including phenoxy) is 1. The Morgan fingerprint density at radius 3 is 2.73 bits per heavy atom. The molecule has 1 heteroatoms. The summed E-state index contributed by atoms with van der Waals surface area (Å²) < 4.78 is 5.74. The minimum atomic E-state index is 0.509. The van der Waals surface area contributed by atoms with E-state index in [-0.39, 0.29) is 0 Å². The Balaban J connectivity index is 1.73. The molecule has 3 atom stereocenters. The van der Waals surface area contributed by atoms with Crippen LogP contribution in [-0.4, -0.2) is 12.7 Å². The Kier molecular flexibility index (Phi) is 3.85. The summed E-state index contributed by atoms with van der Waals surface area (Å²) in [4.78, 5) is 0. The molecular weight excluding hydrogens is 184 g/mol. The molecule has 0 bridgehead atoms. The monoisotopic (exact) mass is 208 g/mol. The van der Waals surface area contributed by atoms with Crippen LogP contribution in [0.4, 0.5) is 0 Å². The molecule has 0 spiro atoms. The fourth-order valence-corrected chi connectivity index (χ4v) is 2.83. The van der Waals surface area contributed by atoms with Crippen molar-refractivity contribution in [3.63, 3.8) is 0 Å². The summed E-state index contributed by atoms with van der Waals surface area (Å²) in [7, 11) is 0. The summed E-state index contributed by atoms with van der Waals surface area (Å²) in [5.74, 6) is 1.79. The zero-order valence-corrected chi connectivity index (χ0v) is 10.2. The van der Waals surface area contributed by atoms with E-state index in [4.69, 9.17) is 4.74 Å². The lowest BCUT2D eigenvalue weighted by atomic mass is 9.81. The van der Waals surface area contributed by atoms with Gasteiger partial charge >= 0.3 is 0 Å². The van der Waals surface area contributed by atoms with Gasteiger partial charge in [0.1, 0.15) is 0 Å². The average molecular weight is 208 g/mol. The largest absolute Gasteiger partial charge is 0.378 e. The summed E-state index contributed by atoms with van der Waals surface area (Å²) in [6, 6.07) is 0. The lowest BCUT2D eigenvalue weighted by Gasteiger charge is -2.30. The first-order chi connectivity index (χ1) is 7.24. The number of hydrogen-bond donors (Lipinski definition) is 0. The molecule has 2 aliphatic rings. The highest BCUT2D eigenvalue weighted by Crippen LogP contribution is 2.32. The zero-order valence-electron chi connectivity index (χ0n) is 10.2. The molecule has 1 saturated heterocycles. The van der Waals surface area contributed by atoms with Gasteiger partial charge in [-0.25, -0.2) is 0 Å². The minimum Gasteiger partial charge on any atom is -0.378 e. The average Bonchev–Trinajstić information content (AvgIpc) is 2.25. The Hall–Kier alpha value is -0.300. The van der Waals surface area contributed by atoms with Gasteiger partial charge in [0, 0.05) is 6.61 Å². The van der Waals surface area contributed by atoms with E-state index >= 15 is 0 Å². The topological polar surface area (TPSA) is 9.23 Å². The second-order valence-corrected chi connectivity index (χ2v) is 5.51. The molecule has 1 aliphatic heterocycles. The summed E-state index contributed by atoms with van der Waals surface area (Å²) in [6.45, 7) is 5.48. The molecule has 3 unspecified atom stereocenters. The lowest BCUT2D eigenvalue weighted by molar-refractivity contribution is -0.0118. The second kappa shape index (κ2) is 5.16. The van der Waals surface area contributed by atoms with Crippen molar-refractivity contribution >= 4 is 0 Å². The number of rotatable bonds is 2. The standard InChI is InChI=1S/C14H24O/c1-11-3-6-13(7-4-11)9-14-8-5-12(2)15-10-14/h3,12-14H,4-10H2,1-2H3. The van der Waals surface area contributed by atoms with Gasteiger partial charge in [-0.05, 0) is 64.2 Å². The van der Waals surface area contributed by atoms with Gasteiger partial charge in [-0.2, -0.15) is 0 Å². The number of hydrogen-bond acceptors (Lipinski definition) is 1. The Labute approximate surface area is 93.9 Å². The maximum atomic E-state index is 5.74. The second-order valence-electron chi connectivity index (χ2n) is 5.51. The summed E-state index contributed by atoms with van der Waals surface area (Å²) in [6.07, 6.45) is 11.1. The van der Waals surface area contributed by atoms with E-state index < -0.39 is 0 Å². The molecule has 0 saturated carbocycles. The normalized spacial score (nSPS) is 37.5. The highest BCUT2D eigenvalue weighted by molar-refractivity contribution is 5.02. The first-order valence-electron chi connectivity index (χ1n) is 6.51. The molecule has 0 aromatic rings. The molecule has 1 nitrogen and oxygen atoms in total. The summed E-state index contributed by atoms with van der Waals surface area (Å²) in [5.41, 5.74) is 1.60. The smallest absolute Gasteiger partial charge is 0.0547 e. The Morgan fingerprint density at radius 2 is 2.13 bits per heavy atom. The van der Waals surface area contributed by atoms with Gasteiger partial charge in [-0.15, -0.1) is 0 Å². The molecule has 1 heterocycles. The van der Waals surface area contributed by atoms with Gasteiger partial charge in [0.2, 0.25) is 0 Å². The highest BCUT2D eigenvalue weighted by atomic mass is 16.5. The predicted octanol–water partition coefficient (Wildman–Crippen LogP) is 3.94. The zero-order chi connectivity index (χ0) is 10.7. The first-order valence-corrected chi connectivity index (χ1v) is 6.51. The van der Waals surface area contributed by atoms with E-state index in [0.717, 1.165) is 18.4 Å². The molecule has 86 valence electrons. The lowest BCUT2D eigenvalue weighted by Crippen LogP contribution is -2.25. The van der Waals surface area contributed by atoms with Gasteiger partial charge in [0.25, 0.3) is 0 Å². The van der Waals surface area contributed by atoms with Crippen LogP contribution >= 0.6 is 0 Å². The molecule has 1 fully saturated rings. The quantitative estimate of drug-likeness (QED) is 0.625. The number of allylic oxidation sites excluding steroid dienone is 2. The molecule has 2 rings (SSSR count). The third-order valence-corrected chi connectivity index (χ3v) is 4.01. The van der Waals surface area contributed by atoms with Crippen molar-refractivity contribution in [1.82, 2.24) is 0 Å². The van der Waals surface area contributed by atoms with Gasteiger partial charge in [-0.3, -0.25) is 0 Å². The van der Waals surface area contributed by atoms with Crippen molar-refractivity contribution < 1.29 is 4.74 Å². The predicted molar refractivity (Wildman–Crippen MR) is 63.9 cm³/mol. The van der Waals surface area contributed by atoms with E-state index in [1.165, 1.54) is 38.5 Å². The van der Waals surface area contributed by atoms with Crippen molar-refractivity contribution in [2.45, 2.75) is 58.5 Å². The van der Waals surface area contributed by atoms with E-state index in [1.807, 2.05) is 0 Å². The van der Waals surface area contributed by atoms with Crippen LogP contribution in [0, 0.1) is 11.8 Å². The molecule has 0 N–H and O–H groups in total. The molecule has 0 aromatic heterocycles. The van der Waals surface area contributed by atoms with Crippen LogP contribution in [-0.2, 0) is 4.74 Å². The summed E-state index contributed by atoms with van der Waals surface area (Å²) >= 11 is 0. The van der Waals surface area contributed by atoms with Crippen LogP contribution in [0.3, 0.4) is 0 Å². The Morgan fingerprint density at radius 1 is 1.27 bits per heavy atom. The van der Waals surface area contributed by atoms with E-state index in [9.17, 15) is 0 Å². The molecule has 15 heavy (non-hydrogen) atoms. The Bertz CT molecular complexity index is 223. The van der Waals surface area contributed by atoms with Gasteiger partial charge in [-0.1, -0.05) is 11.6 Å². The third kappa shape index (κ3) is 3.34. The molecule has 1 aliphatic carbocycles. The van der Waals surface area contributed by atoms with Crippen molar-refractivity contribution in [1.29, 1.82) is 0 Å². The van der Waals surface area contributed by atoms with Crippen LogP contribution in [0.1, 0.15) is 52.4 Å². The van der Waals surface area contributed by atoms with Crippen molar-refractivity contribution in [2.24, 2.45) is 11.8 Å². The SMILES string of the molecule is CC1=CCC(CC2CCC(C)OC2)CC1. The van der Waals surface area contributed by atoms with Crippen LogP contribution in [0.5, 0.6) is 0 Å². The van der Waals surface area contributed by atoms with Crippen LogP contribution < -0.4 is 0 Å². The first kappa shape index (κ1) is 11.2. The van der Waals surface area contributed by atoms with Gasteiger partial charge in [0.15, 0.2) is 0 Å². The van der Waals surface area contributed by atoms with Crippen molar-refractivity contribution in [3.05, 3.63) is 11.6 Å². The van der Waals surface area contributed by atoms with Gasteiger partial charge in [0.05, 0.1) is 6.10 Å². The maximum absolute atomic E-state index is 5.74. The molecule has 0 amide bonds. The van der Waals surface area contributed by atoms with Crippen LogP contribution in [0.25, 0.3) is 0 Å². The summed E-state index contributed by atoms with van der Waals surface area (Å²) in [5, 5.41) is 0. The van der Waals surface area contributed by atoms with Crippen molar-refractivity contribution in [2.75, 3.05) is 6.61 Å². The van der Waals surface area contributed by atoms with Crippen LogP contribution in [0.2, 0.25) is 0 Å². The van der Waals surface area contributed by atoms with E-state index in [2.05, 4.69) is 19.9 Å². The fourth-order valence-electron chi connectivity index (χ4n) is 2.83. The third-order valence-electron chi connectivity index (χ3n) is 4.01. The molecular formula is C14H24O. The highest BCUT2D eigenvalue weighted by Gasteiger charge is 2.22. The minimum absolute atomic E-state index is 0.509. The molecule has 0 aromatic carbocycles. The van der Waals surface area contributed by atoms with Crippen molar-refractivity contribution in [3.8, 4) is 0 Å². The van der Waals surface area contributed by atoms with Crippen LogP contribution in [0.15, 0.2) is 11.6 Å². The van der Waals surface area contributed by atoms with Gasteiger partial charge < -0.3 is 4.74 Å². The molecule has 0 radical (unpaired) electrons. The van der Waals surface area contributed by atoms with E-state index in [0.29, 0.717) is 6.10 Å².